The van der Waals surface area contributed by atoms with Gasteiger partial charge in [-0.25, -0.2) is 0 Å². The highest BCUT2D eigenvalue weighted by Crippen LogP contribution is 2.20. The third kappa shape index (κ3) is 4.65. The molecular weight excluding hydrogens is 272 g/mol. The Labute approximate surface area is 123 Å². The lowest BCUT2D eigenvalue weighted by atomic mass is 10.1. The minimum absolute atomic E-state index is 0.455. The smallest absolute Gasteiger partial charge is 0.226 e. The van der Waals surface area contributed by atoms with Crippen LogP contribution in [0.3, 0.4) is 0 Å². The van der Waals surface area contributed by atoms with Crippen LogP contribution in [0.5, 0.6) is 0 Å². The molecule has 20 heavy (non-hydrogen) atoms. The van der Waals surface area contributed by atoms with Gasteiger partial charge < -0.3 is 9.63 Å². The van der Waals surface area contributed by atoms with Crippen LogP contribution in [-0.2, 0) is 12.2 Å². The Bertz CT molecular complexity index is 514. The summed E-state index contributed by atoms with van der Waals surface area (Å²) in [6, 6.07) is 9.67. The van der Waals surface area contributed by atoms with Gasteiger partial charge in [0.25, 0.3) is 0 Å². The van der Waals surface area contributed by atoms with Crippen LogP contribution < -0.4 is 0 Å². The zero-order chi connectivity index (χ0) is 14.4. The molecule has 1 atom stereocenters. The van der Waals surface area contributed by atoms with Gasteiger partial charge in [0.05, 0.1) is 11.9 Å². The highest BCUT2D eigenvalue weighted by Gasteiger charge is 2.10. The van der Waals surface area contributed by atoms with E-state index in [-0.39, 0.29) is 0 Å². The Morgan fingerprint density at radius 1 is 1.25 bits per heavy atom. The van der Waals surface area contributed by atoms with Gasteiger partial charge in [-0.2, -0.15) is 16.7 Å². The number of thioether (sulfide) groups is 1. The third-order valence-corrected chi connectivity index (χ3v) is 3.80. The summed E-state index contributed by atoms with van der Waals surface area (Å²) in [6.45, 7) is 4.24. The minimum atomic E-state index is -0.455. The quantitative estimate of drug-likeness (QED) is 0.849. The lowest BCUT2D eigenvalue weighted by molar-refractivity contribution is 0.204. The molecule has 0 spiro atoms. The number of benzene rings is 1. The Morgan fingerprint density at radius 2 is 2.00 bits per heavy atom. The summed E-state index contributed by atoms with van der Waals surface area (Å²) < 4.78 is 5.18. The molecule has 0 aliphatic carbocycles. The lowest BCUT2D eigenvalue weighted by Crippen LogP contribution is -2.01. The van der Waals surface area contributed by atoms with Gasteiger partial charge in [0, 0.05) is 12.2 Å². The van der Waals surface area contributed by atoms with Crippen molar-refractivity contribution in [2.75, 3.05) is 5.75 Å². The molecule has 0 bridgehead atoms. The van der Waals surface area contributed by atoms with E-state index in [0.717, 1.165) is 12.0 Å². The van der Waals surface area contributed by atoms with Gasteiger partial charge in [-0.3, -0.25) is 0 Å². The summed E-state index contributed by atoms with van der Waals surface area (Å²) in [5, 5.41) is 14.0. The maximum atomic E-state index is 10.0. The SMILES string of the molecule is CC(C)Cc1nc(CSCC(O)c2ccccc2)no1. The van der Waals surface area contributed by atoms with E-state index in [1.807, 2.05) is 30.3 Å². The molecule has 0 radical (unpaired) electrons. The topological polar surface area (TPSA) is 59.2 Å². The third-order valence-electron chi connectivity index (χ3n) is 2.78. The zero-order valence-electron chi connectivity index (χ0n) is 11.8. The molecule has 4 nitrogen and oxygen atoms in total. The molecule has 1 aromatic carbocycles. The van der Waals surface area contributed by atoms with Crippen molar-refractivity contribution in [1.29, 1.82) is 0 Å². The average molecular weight is 292 g/mol. The van der Waals surface area contributed by atoms with Crippen LogP contribution in [0.4, 0.5) is 0 Å². The number of nitrogens with zero attached hydrogens (tertiary/aromatic N) is 2. The second kappa shape index (κ2) is 7.45. The molecule has 0 amide bonds. The predicted octanol–water partition coefficient (Wildman–Crippen LogP) is 3.23. The largest absolute Gasteiger partial charge is 0.388 e. The molecule has 0 saturated heterocycles. The first-order valence-corrected chi connectivity index (χ1v) is 7.93. The normalized spacial score (nSPS) is 12.8. The molecule has 1 heterocycles. The van der Waals surface area contributed by atoms with Gasteiger partial charge in [0.15, 0.2) is 5.82 Å². The fourth-order valence-electron chi connectivity index (χ4n) is 1.81. The summed E-state index contributed by atoms with van der Waals surface area (Å²) in [5.74, 6) is 3.18. The van der Waals surface area contributed by atoms with Crippen LogP contribution in [0, 0.1) is 5.92 Å². The maximum Gasteiger partial charge on any atom is 0.226 e. The predicted molar refractivity (Wildman–Crippen MR) is 80.4 cm³/mol. The second-order valence-electron chi connectivity index (χ2n) is 5.14. The van der Waals surface area contributed by atoms with Gasteiger partial charge in [0.1, 0.15) is 0 Å². The van der Waals surface area contributed by atoms with E-state index < -0.39 is 6.10 Å². The molecule has 108 valence electrons. The van der Waals surface area contributed by atoms with E-state index in [1.165, 1.54) is 0 Å². The molecule has 1 unspecified atom stereocenters. The standard InChI is InChI=1S/C15H20N2O2S/c1-11(2)8-15-16-14(17-19-15)10-20-9-13(18)12-6-4-3-5-7-12/h3-7,11,13,18H,8-10H2,1-2H3. The van der Waals surface area contributed by atoms with Crippen molar-refractivity contribution >= 4 is 11.8 Å². The van der Waals surface area contributed by atoms with Gasteiger partial charge >= 0.3 is 0 Å². The Balaban J connectivity index is 1.77. The van der Waals surface area contributed by atoms with Gasteiger partial charge in [-0.1, -0.05) is 49.3 Å². The van der Waals surface area contributed by atoms with Crippen molar-refractivity contribution in [3.8, 4) is 0 Å². The number of hydrogen-bond acceptors (Lipinski definition) is 5. The molecule has 5 heteroatoms. The molecule has 0 saturated carbocycles. The molecular formula is C15H20N2O2S. The van der Waals surface area contributed by atoms with E-state index >= 15 is 0 Å². The number of hydrogen-bond donors (Lipinski definition) is 1. The van der Waals surface area contributed by atoms with Gasteiger partial charge in [-0.15, -0.1) is 0 Å². The summed E-state index contributed by atoms with van der Waals surface area (Å²) in [6.07, 6.45) is 0.354. The number of rotatable bonds is 7. The van der Waals surface area contributed by atoms with Crippen molar-refractivity contribution in [1.82, 2.24) is 10.1 Å². The van der Waals surface area contributed by atoms with E-state index in [4.69, 9.17) is 4.52 Å². The first kappa shape index (κ1) is 15.1. The summed E-state index contributed by atoms with van der Waals surface area (Å²) in [4.78, 5) is 4.34. The first-order chi connectivity index (χ1) is 9.65. The maximum absolute atomic E-state index is 10.0. The van der Waals surface area contributed by atoms with Crippen LogP contribution in [0.1, 0.15) is 37.2 Å². The first-order valence-electron chi connectivity index (χ1n) is 6.77. The van der Waals surface area contributed by atoms with Crippen molar-refractivity contribution in [2.24, 2.45) is 5.92 Å². The van der Waals surface area contributed by atoms with Crippen molar-refractivity contribution < 1.29 is 9.63 Å². The van der Waals surface area contributed by atoms with Crippen LogP contribution in [-0.4, -0.2) is 21.0 Å². The van der Waals surface area contributed by atoms with Crippen molar-refractivity contribution in [3.63, 3.8) is 0 Å². The average Bonchev–Trinajstić information content (AvgIpc) is 2.86. The van der Waals surface area contributed by atoms with Crippen molar-refractivity contribution in [3.05, 3.63) is 47.6 Å². The van der Waals surface area contributed by atoms with Crippen LogP contribution in [0.15, 0.2) is 34.9 Å². The summed E-state index contributed by atoms with van der Waals surface area (Å²) in [5.41, 5.74) is 0.939. The lowest BCUT2D eigenvalue weighted by Gasteiger charge is -2.09. The second-order valence-corrected chi connectivity index (χ2v) is 6.17. The van der Waals surface area contributed by atoms with Crippen molar-refractivity contribution in [2.45, 2.75) is 32.1 Å². The molecule has 1 N–H and O–H groups in total. The molecule has 2 aromatic rings. The molecule has 2 rings (SSSR count). The van der Waals surface area contributed by atoms with E-state index in [1.54, 1.807) is 11.8 Å². The Kier molecular flexibility index (Phi) is 5.61. The minimum Gasteiger partial charge on any atom is -0.388 e. The summed E-state index contributed by atoms with van der Waals surface area (Å²) in [7, 11) is 0. The highest BCUT2D eigenvalue weighted by molar-refractivity contribution is 7.98. The zero-order valence-corrected chi connectivity index (χ0v) is 12.6. The van der Waals surface area contributed by atoms with Crippen LogP contribution in [0.25, 0.3) is 0 Å². The van der Waals surface area contributed by atoms with Crippen LogP contribution in [0.2, 0.25) is 0 Å². The number of aliphatic hydroxyl groups is 1. The molecule has 0 aliphatic rings. The van der Waals surface area contributed by atoms with E-state index in [0.29, 0.717) is 29.1 Å². The number of aromatic nitrogens is 2. The van der Waals surface area contributed by atoms with Crippen LogP contribution >= 0.6 is 11.8 Å². The van der Waals surface area contributed by atoms with E-state index in [2.05, 4.69) is 24.0 Å². The fourth-order valence-corrected chi connectivity index (χ4v) is 2.65. The van der Waals surface area contributed by atoms with Gasteiger partial charge in [-0.05, 0) is 11.5 Å². The molecule has 1 aromatic heterocycles. The van der Waals surface area contributed by atoms with Gasteiger partial charge in [0.2, 0.25) is 5.89 Å². The monoisotopic (exact) mass is 292 g/mol. The highest BCUT2D eigenvalue weighted by atomic mass is 32.2. The molecule has 0 aliphatic heterocycles. The molecule has 0 fully saturated rings. The Morgan fingerprint density at radius 3 is 2.70 bits per heavy atom. The van der Waals surface area contributed by atoms with E-state index in [9.17, 15) is 5.11 Å². The fraction of sp³-hybridized carbons (Fsp3) is 0.467. The summed E-state index contributed by atoms with van der Waals surface area (Å²) >= 11 is 1.61. The Hall–Kier alpha value is -1.33. The number of aliphatic hydroxyl groups excluding tert-OH is 1.